The van der Waals surface area contributed by atoms with Crippen molar-refractivity contribution in [2.24, 2.45) is 0 Å². The van der Waals surface area contributed by atoms with E-state index in [-0.39, 0.29) is 48.1 Å². The Morgan fingerprint density at radius 3 is 2.48 bits per heavy atom. The zero-order valence-corrected chi connectivity index (χ0v) is 15.5. The van der Waals surface area contributed by atoms with Crippen LogP contribution in [-0.4, -0.2) is 56.4 Å². The third kappa shape index (κ3) is 4.46. The Morgan fingerprint density at radius 1 is 1.36 bits per heavy atom. The van der Waals surface area contributed by atoms with Gasteiger partial charge in [0.05, 0.1) is 22.0 Å². The second-order valence-electron chi connectivity index (χ2n) is 5.25. The molecule has 1 aromatic carbocycles. The summed E-state index contributed by atoms with van der Waals surface area (Å²) in [5.74, 6) is -0.782. The Morgan fingerprint density at radius 2 is 1.96 bits per heavy atom. The molecule has 25 heavy (non-hydrogen) atoms. The number of benzene rings is 1. The molecule has 0 spiro atoms. The fourth-order valence-corrected chi connectivity index (χ4v) is 3.96. The summed E-state index contributed by atoms with van der Waals surface area (Å²) < 4.78 is 31.6. The monoisotopic (exact) mass is 393 g/mol. The van der Waals surface area contributed by atoms with Crippen molar-refractivity contribution in [2.45, 2.75) is 18.7 Å². The van der Waals surface area contributed by atoms with Gasteiger partial charge in [0.2, 0.25) is 10.0 Å². The number of nitrogens with zero attached hydrogens (tertiary/aromatic N) is 2. The van der Waals surface area contributed by atoms with Crippen molar-refractivity contribution < 1.29 is 22.9 Å². The molecule has 140 valence electrons. The number of nitro benzene ring substituents is 1. The van der Waals surface area contributed by atoms with Crippen molar-refractivity contribution in [3.8, 4) is 0 Å². The summed E-state index contributed by atoms with van der Waals surface area (Å²) in [5.41, 5.74) is -0.452. The lowest BCUT2D eigenvalue weighted by Crippen LogP contribution is -2.46. The molecular formula is C14H20ClN3O6S. The molecule has 0 unspecified atom stereocenters. The number of ether oxygens (including phenoxy) is 1. The minimum Gasteiger partial charge on any atom is -0.462 e. The molecule has 2 rings (SSSR count). The highest BCUT2D eigenvalue weighted by molar-refractivity contribution is 7.89. The maximum absolute atomic E-state index is 12.7. The molecule has 11 heteroatoms. The third-order valence-corrected chi connectivity index (χ3v) is 5.64. The normalized spacial score (nSPS) is 15.3. The van der Waals surface area contributed by atoms with E-state index in [1.165, 1.54) is 11.2 Å². The van der Waals surface area contributed by atoms with Crippen LogP contribution in [0.25, 0.3) is 0 Å². The molecule has 0 aliphatic carbocycles. The number of esters is 1. The van der Waals surface area contributed by atoms with Gasteiger partial charge in [-0.1, -0.05) is 0 Å². The molecule has 1 saturated heterocycles. The summed E-state index contributed by atoms with van der Waals surface area (Å²) in [6, 6.07) is 2.15. The third-order valence-electron chi connectivity index (χ3n) is 3.76. The SMILES string of the molecule is CCOC(=O)c1cc(S(=O)(=O)N2CCNCC2)cc([N+](=O)[O-])c1C.Cl. The van der Waals surface area contributed by atoms with Gasteiger partial charge >= 0.3 is 5.97 Å². The Hall–Kier alpha value is -1.75. The summed E-state index contributed by atoms with van der Waals surface area (Å²) in [6.45, 7) is 4.60. The molecule has 0 atom stereocenters. The Kier molecular flexibility index (Phi) is 7.29. The van der Waals surface area contributed by atoms with Crippen molar-refractivity contribution in [2.75, 3.05) is 32.8 Å². The standard InChI is InChI=1S/C14H19N3O6S.ClH/c1-3-23-14(18)12-8-11(9-13(10(12)2)17(19)20)24(21,22)16-6-4-15-5-7-16;/h8-9,15H,3-7H2,1-2H3;1H. The van der Waals surface area contributed by atoms with Gasteiger partial charge in [0.25, 0.3) is 5.69 Å². The van der Waals surface area contributed by atoms with Gasteiger partial charge in [0, 0.05) is 37.8 Å². The van der Waals surface area contributed by atoms with Crippen LogP contribution in [-0.2, 0) is 14.8 Å². The molecule has 1 aliphatic heterocycles. The Labute approximate surface area is 151 Å². The number of nitro groups is 1. The molecule has 1 heterocycles. The van der Waals surface area contributed by atoms with E-state index in [0.717, 1.165) is 12.1 Å². The molecule has 0 bridgehead atoms. The number of carbonyl (C=O) groups excluding carboxylic acids is 1. The van der Waals surface area contributed by atoms with Crippen LogP contribution in [0.5, 0.6) is 0 Å². The van der Waals surface area contributed by atoms with Gasteiger partial charge < -0.3 is 10.1 Å². The maximum Gasteiger partial charge on any atom is 0.338 e. The quantitative estimate of drug-likeness (QED) is 0.451. The number of hydrogen-bond donors (Lipinski definition) is 1. The predicted octanol–water partition coefficient (Wildman–Crippen LogP) is 1.10. The summed E-state index contributed by atoms with van der Waals surface area (Å²) in [7, 11) is -3.92. The highest BCUT2D eigenvalue weighted by Gasteiger charge is 2.30. The summed E-state index contributed by atoms with van der Waals surface area (Å²) in [4.78, 5) is 22.3. The number of rotatable bonds is 5. The minimum absolute atomic E-state index is 0. The van der Waals surface area contributed by atoms with Crippen molar-refractivity contribution in [3.05, 3.63) is 33.4 Å². The highest BCUT2D eigenvalue weighted by Crippen LogP contribution is 2.28. The van der Waals surface area contributed by atoms with Crippen molar-refractivity contribution in [1.82, 2.24) is 9.62 Å². The first-order valence-corrected chi connectivity index (χ1v) is 8.90. The fourth-order valence-electron chi connectivity index (χ4n) is 2.47. The van der Waals surface area contributed by atoms with E-state index < -0.39 is 26.6 Å². The van der Waals surface area contributed by atoms with Gasteiger partial charge in [-0.2, -0.15) is 4.31 Å². The lowest BCUT2D eigenvalue weighted by atomic mass is 10.1. The molecular weight excluding hydrogens is 374 g/mol. The number of piperazine rings is 1. The Balaban J connectivity index is 0.00000312. The highest BCUT2D eigenvalue weighted by atomic mass is 35.5. The molecule has 1 aliphatic rings. The number of hydrogen-bond acceptors (Lipinski definition) is 7. The second-order valence-corrected chi connectivity index (χ2v) is 7.18. The summed E-state index contributed by atoms with van der Waals surface area (Å²) in [5, 5.41) is 14.3. The largest absolute Gasteiger partial charge is 0.462 e. The van der Waals surface area contributed by atoms with Crippen LogP contribution < -0.4 is 5.32 Å². The van der Waals surface area contributed by atoms with E-state index in [4.69, 9.17) is 4.74 Å². The van der Waals surface area contributed by atoms with Crippen LogP contribution in [0.15, 0.2) is 17.0 Å². The van der Waals surface area contributed by atoms with Gasteiger partial charge in [-0.3, -0.25) is 10.1 Å². The molecule has 0 radical (unpaired) electrons. The molecule has 9 nitrogen and oxygen atoms in total. The van der Waals surface area contributed by atoms with Crippen molar-refractivity contribution in [1.29, 1.82) is 0 Å². The van der Waals surface area contributed by atoms with Gasteiger partial charge in [0.1, 0.15) is 0 Å². The molecule has 0 saturated carbocycles. The lowest BCUT2D eigenvalue weighted by molar-refractivity contribution is -0.385. The van der Waals surface area contributed by atoms with Crippen LogP contribution in [0.4, 0.5) is 5.69 Å². The van der Waals surface area contributed by atoms with E-state index in [1.807, 2.05) is 0 Å². The van der Waals surface area contributed by atoms with Gasteiger partial charge in [-0.25, -0.2) is 13.2 Å². The average molecular weight is 394 g/mol. The number of sulfonamides is 1. The molecule has 0 aromatic heterocycles. The number of carbonyl (C=O) groups is 1. The number of nitrogens with one attached hydrogen (secondary N) is 1. The zero-order chi connectivity index (χ0) is 17.9. The molecule has 1 fully saturated rings. The first kappa shape index (κ1) is 21.3. The van der Waals surface area contributed by atoms with Crippen molar-refractivity contribution in [3.63, 3.8) is 0 Å². The lowest BCUT2D eigenvalue weighted by Gasteiger charge is -2.26. The topological polar surface area (TPSA) is 119 Å². The van der Waals surface area contributed by atoms with Gasteiger partial charge in [-0.15, -0.1) is 12.4 Å². The first-order valence-electron chi connectivity index (χ1n) is 7.46. The predicted molar refractivity (Wildman–Crippen MR) is 92.7 cm³/mol. The van der Waals surface area contributed by atoms with E-state index in [9.17, 15) is 23.3 Å². The minimum atomic E-state index is -3.92. The van der Waals surface area contributed by atoms with Crippen LogP contribution in [0.3, 0.4) is 0 Å². The summed E-state index contributed by atoms with van der Waals surface area (Å²) in [6.07, 6.45) is 0. The molecule has 1 aromatic rings. The molecule has 0 amide bonds. The molecule has 1 N–H and O–H groups in total. The summed E-state index contributed by atoms with van der Waals surface area (Å²) >= 11 is 0. The Bertz CT molecular complexity index is 762. The van der Waals surface area contributed by atoms with Crippen LogP contribution in [0.1, 0.15) is 22.8 Å². The van der Waals surface area contributed by atoms with E-state index in [0.29, 0.717) is 13.1 Å². The van der Waals surface area contributed by atoms with Gasteiger partial charge in [-0.05, 0) is 19.9 Å². The maximum atomic E-state index is 12.7. The number of halogens is 1. The average Bonchev–Trinajstić information content (AvgIpc) is 2.55. The van der Waals surface area contributed by atoms with E-state index >= 15 is 0 Å². The van der Waals surface area contributed by atoms with Gasteiger partial charge in [0.15, 0.2) is 0 Å². The van der Waals surface area contributed by atoms with Crippen LogP contribution in [0.2, 0.25) is 0 Å². The second kappa shape index (κ2) is 8.56. The van der Waals surface area contributed by atoms with Crippen LogP contribution in [0, 0.1) is 17.0 Å². The smallest absolute Gasteiger partial charge is 0.338 e. The van der Waals surface area contributed by atoms with Crippen LogP contribution >= 0.6 is 12.4 Å². The van der Waals surface area contributed by atoms with E-state index in [2.05, 4.69) is 5.32 Å². The van der Waals surface area contributed by atoms with E-state index in [1.54, 1.807) is 6.92 Å². The fraction of sp³-hybridized carbons (Fsp3) is 0.500. The van der Waals surface area contributed by atoms with Crippen molar-refractivity contribution >= 4 is 34.1 Å². The zero-order valence-electron chi connectivity index (χ0n) is 13.9. The first-order chi connectivity index (χ1) is 11.3.